The molecule has 0 bridgehead atoms. The van der Waals surface area contributed by atoms with Crippen LogP contribution < -0.4 is 20.3 Å². The van der Waals surface area contributed by atoms with Crippen molar-refractivity contribution in [1.29, 1.82) is 0 Å². The molecule has 33 heavy (non-hydrogen) atoms. The average Bonchev–Trinajstić information content (AvgIpc) is 2.88. The van der Waals surface area contributed by atoms with E-state index in [4.69, 9.17) is 4.74 Å². The van der Waals surface area contributed by atoms with Gasteiger partial charge in [0, 0.05) is 49.0 Å². The highest BCUT2D eigenvalue weighted by atomic mass is 16.5. The molecule has 0 radical (unpaired) electrons. The van der Waals surface area contributed by atoms with E-state index in [1.54, 1.807) is 49.8 Å². The van der Waals surface area contributed by atoms with Crippen LogP contribution in [-0.4, -0.2) is 37.0 Å². The molecule has 1 aliphatic heterocycles. The number of pyridine rings is 1. The lowest BCUT2D eigenvalue weighted by Crippen LogP contribution is -2.32. The maximum absolute atomic E-state index is 13.2. The minimum Gasteiger partial charge on any atom is -0.497 e. The summed E-state index contributed by atoms with van der Waals surface area (Å²) in [5.41, 5.74) is 3.45. The molecule has 1 saturated heterocycles. The molecule has 170 valence electrons. The largest absolute Gasteiger partial charge is 0.497 e. The third kappa shape index (κ3) is 5.68. The van der Waals surface area contributed by atoms with Crippen molar-refractivity contribution in [2.45, 2.75) is 25.8 Å². The quantitative estimate of drug-likeness (QED) is 0.569. The summed E-state index contributed by atoms with van der Waals surface area (Å²) in [7, 11) is 1.58. The zero-order chi connectivity index (χ0) is 23.0. The minimum atomic E-state index is -0.245. The lowest BCUT2D eigenvalue weighted by molar-refractivity contribution is 0.0950. The van der Waals surface area contributed by atoms with E-state index in [1.165, 1.54) is 6.42 Å². The first-order valence-electron chi connectivity index (χ1n) is 11.2. The van der Waals surface area contributed by atoms with Crippen LogP contribution in [0, 0.1) is 0 Å². The Labute approximate surface area is 193 Å². The normalized spacial score (nSPS) is 13.3. The highest BCUT2D eigenvalue weighted by Gasteiger charge is 2.20. The number of anilines is 2. The third-order valence-corrected chi connectivity index (χ3v) is 5.72. The van der Waals surface area contributed by atoms with Gasteiger partial charge in [0.2, 0.25) is 0 Å². The molecule has 1 fully saturated rings. The van der Waals surface area contributed by atoms with Gasteiger partial charge in [0.25, 0.3) is 11.8 Å². The molecule has 4 rings (SSSR count). The molecule has 0 spiro atoms. The van der Waals surface area contributed by atoms with Gasteiger partial charge in [-0.05, 0) is 73.4 Å². The number of benzene rings is 2. The molecule has 0 aliphatic carbocycles. The van der Waals surface area contributed by atoms with Crippen molar-refractivity contribution in [3.8, 4) is 5.75 Å². The second-order valence-corrected chi connectivity index (χ2v) is 8.01. The molecule has 0 saturated carbocycles. The topological polar surface area (TPSA) is 83.6 Å². The van der Waals surface area contributed by atoms with Crippen molar-refractivity contribution in [2.75, 3.05) is 30.4 Å². The number of hydrogen-bond donors (Lipinski definition) is 2. The Morgan fingerprint density at radius 3 is 2.48 bits per heavy atom. The van der Waals surface area contributed by atoms with Gasteiger partial charge in [0.1, 0.15) is 5.75 Å². The highest BCUT2D eigenvalue weighted by Crippen LogP contribution is 2.28. The first-order valence-corrected chi connectivity index (χ1v) is 11.2. The molecule has 2 N–H and O–H groups in total. The van der Waals surface area contributed by atoms with Crippen molar-refractivity contribution < 1.29 is 14.3 Å². The van der Waals surface area contributed by atoms with Gasteiger partial charge < -0.3 is 20.3 Å². The number of rotatable bonds is 7. The molecule has 7 heteroatoms. The van der Waals surface area contributed by atoms with Crippen LogP contribution in [0.3, 0.4) is 0 Å². The van der Waals surface area contributed by atoms with Crippen molar-refractivity contribution in [2.24, 2.45) is 0 Å². The Balaban J connectivity index is 1.55. The van der Waals surface area contributed by atoms with Crippen LogP contribution in [0.5, 0.6) is 5.75 Å². The second kappa shape index (κ2) is 10.6. The van der Waals surface area contributed by atoms with Crippen LogP contribution in [0.25, 0.3) is 0 Å². The zero-order valence-electron chi connectivity index (χ0n) is 18.7. The van der Waals surface area contributed by atoms with E-state index in [1.807, 2.05) is 24.3 Å². The SMILES string of the molecule is COc1ccc(C(=O)Nc2ccc(N3CCCCC3)c(C(=O)NCc3cccnc3)c2)cc1. The number of methoxy groups -OCH3 is 1. The lowest BCUT2D eigenvalue weighted by atomic mass is 10.1. The van der Waals surface area contributed by atoms with Crippen LogP contribution in [0.4, 0.5) is 11.4 Å². The second-order valence-electron chi connectivity index (χ2n) is 8.01. The van der Waals surface area contributed by atoms with Gasteiger partial charge in [-0.25, -0.2) is 0 Å². The Morgan fingerprint density at radius 2 is 1.79 bits per heavy atom. The summed E-state index contributed by atoms with van der Waals surface area (Å²) in [4.78, 5) is 32.2. The minimum absolute atomic E-state index is 0.181. The van der Waals surface area contributed by atoms with Gasteiger partial charge in [0.15, 0.2) is 0 Å². The number of ether oxygens (including phenoxy) is 1. The predicted molar refractivity (Wildman–Crippen MR) is 129 cm³/mol. The molecule has 1 aromatic heterocycles. The molecule has 7 nitrogen and oxygen atoms in total. The summed E-state index contributed by atoms with van der Waals surface area (Å²) in [6.45, 7) is 2.22. The number of nitrogens with zero attached hydrogens (tertiary/aromatic N) is 2. The number of carbonyl (C=O) groups is 2. The summed E-state index contributed by atoms with van der Waals surface area (Å²) in [5, 5.41) is 5.89. The summed E-state index contributed by atoms with van der Waals surface area (Å²) < 4.78 is 5.15. The molecule has 0 unspecified atom stereocenters. The van der Waals surface area contributed by atoms with Crippen molar-refractivity contribution in [1.82, 2.24) is 10.3 Å². The number of nitrogens with one attached hydrogen (secondary N) is 2. The van der Waals surface area contributed by atoms with Crippen molar-refractivity contribution in [3.05, 3.63) is 83.7 Å². The van der Waals surface area contributed by atoms with Crippen LogP contribution in [0.1, 0.15) is 45.5 Å². The van der Waals surface area contributed by atoms with Crippen molar-refractivity contribution >= 4 is 23.2 Å². The smallest absolute Gasteiger partial charge is 0.255 e. The van der Waals surface area contributed by atoms with Crippen LogP contribution in [0.15, 0.2) is 67.0 Å². The molecule has 1 aliphatic rings. The van der Waals surface area contributed by atoms with Crippen LogP contribution >= 0.6 is 0 Å². The van der Waals surface area contributed by atoms with Gasteiger partial charge in [-0.3, -0.25) is 14.6 Å². The molecular formula is C26H28N4O3. The number of carbonyl (C=O) groups excluding carboxylic acids is 2. The number of amides is 2. The van der Waals surface area contributed by atoms with Gasteiger partial charge in [-0.2, -0.15) is 0 Å². The van der Waals surface area contributed by atoms with E-state index in [-0.39, 0.29) is 11.8 Å². The number of hydrogen-bond acceptors (Lipinski definition) is 5. The van der Waals surface area contributed by atoms with E-state index in [9.17, 15) is 9.59 Å². The van der Waals surface area contributed by atoms with E-state index in [0.29, 0.717) is 29.1 Å². The van der Waals surface area contributed by atoms with Crippen LogP contribution in [0.2, 0.25) is 0 Å². The first kappa shape index (κ1) is 22.3. The maximum Gasteiger partial charge on any atom is 0.255 e. The number of aromatic nitrogens is 1. The monoisotopic (exact) mass is 444 g/mol. The summed E-state index contributed by atoms with van der Waals surface area (Å²) >= 11 is 0. The third-order valence-electron chi connectivity index (χ3n) is 5.72. The fourth-order valence-electron chi connectivity index (χ4n) is 3.93. The van der Waals surface area contributed by atoms with E-state index >= 15 is 0 Å². The zero-order valence-corrected chi connectivity index (χ0v) is 18.7. The lowest BCUT2D eigenvalue weighted by Gasteiger charge is -2.30. The van der Waals surface area contributed by atoms with E-state index < -0.39 is 0 Å². The Bertz CT molecular complexity index is 1090. The Kier molecular flexibility index (Phi) is 7.19. The van der Waals surface area contributed by atoms with Crippen molar-refractivity contribution in [3.63, 3.8) is 0 Å². The van der Waals surface area contributed by atoms with Gasteiger partial charge in [-0.1, -0.05) is 6.07 Å². The number of piperidine rings is 1. The molecule has 3 aromatic rings. The molecule has 2 aromatic carbocycles. The molecular weight excluding hydrogens is 416 g/mol. The summed E-state index contributed by atoms with van der Waals surface area (Å²) in [6, 6.07) is 16.2. The Morgan fingerprint density at radius 1 is 1.00 bits per heavy atom. The predicted octanol–water partition coefficient (Wildman–Crippen LogP) is 4.26. The van der Waals surface area contributed by atoms with E-state index in [0.717, 1.165) is 37.2 Å². The van der Waals surface area contributed by atoms with Gasteiger partial charge in [0.05, 0.1) is 12.7 Å². The summed E-state index contributed by atoms with van der Waals surface area (Å²) in [6.07, 6.45) is 6.85. The fourth-order valence-corrected chi connectivity index (χ4v) is 3.93. The molecule has 0 atom stereocenters. The van der Waals surface area contributed by atoms with Crippen LogP contribution in [-0.2, 0) is 6.54 Å². The molecule has 2 amide bonds. The fraction of sp³-hybridized carbons (Fsp3) is 0.269. The van der Waals surface area contributed by atoms with E-state index in [2.05, 4.69) is 20.5 Å². The highest BCUT2D eigenvalue weighted by molar-refractivity contribution is 6.06. The first-order chi connectivity index (χ1) is 16.1. The van der Waals surface area contributed by atoms with Gasteiger partial charge >= 0.3 is 0 Å². The summed E-state index contributed by atoms with van der Waals surface area (Å²) in [5.74, 6) is 0.259. The van der Waals surface area contributed by atoms with Gasteiger partial charge in [-0.15, -0.1) is 0 Å². The standard InChI is InChI=1S/C26H28N4O3/c1-33-22-10-7-20(8-11-22)25(31)29-21-9-12-24(30-14-3-2-4-15-30)23(16-21)26(32)28-18-19-6-5-13-27-17-19/h5-13,16-17H,2-4,14-15,18H2,1H3,(H,28,32)(H,29,31). The average molecular weight is 445 g/mol. The molecule has 2 heterocycles. The maximum atomic E-state index is 13.2. The Hall–Kier alpha value is -3.87.